The van der Waals surface area contributed by atoms with E-state index in [1.165, 1.54) is 12.1 Å². The molecule has 0 spiro atoms. The molecule has 9 heteroatoms. The van der Waals surface area contributed by atoms with Crippen molar-refractivity contribution < 1.29 is 43.5 Å². The zero-order valence-electron chi connectivity index (χ0n) is 16.2. The highest BCUT2D eigenvalue weighted by atomic mass is 16.8. The van der Waals surface area contributed by atoms with E-state index >= 15 is 0 Å². The number of esters is 2. The molecule has 0 bridgehead atoms. The molecule has 1 aliphatic heterocycles. The van der Waals surface area contributed by atoms with Gasteiger partial charge in [-0.05, 0) is 24.3 Å². The smallest absolute Gasteiger partial charge is 0.458 e. The number of hydrogen-bond acceptors (Lipinski definition) is 9. The maximum Gasteiger partial charge on any atom is 0.509 e. The Morgan fingerprint density at radius 3 is 2.16 bits per heavy atom. The van der Waals surface area contributed by atoms with Crippen LogP contribution in [0.15, 0.2) is 60.7 Å². The Labute approximate surface area is 177 Å². The van der Waals surface area contributed by atoms with Gasteiger partial charge in [0.15, 0.2) is 17.8 Å². The van der Waals surface area contributed by atoms with Crippen molar-refractivity contribution in [3.05, 3.63) is 71.8 Å². The van der Waals surface area contributed by atoms with Gasteiger partial charge in [-0.15, -0.1) is 0 Å². The summed E-state index contributed by atoms with van der Waals surface area (Å²) < 4.78 is 21.2. The van der Waals surface area contributed by atoms with Crippen molar-refractivity contribution in [1.29, 1.82) is 0 Å². The van der Waals surface area contributed by atoms with E-state index in [0.717, 1.165) is 0 Å². The Kier molecular flexibility index (Phi) is 5.62. The van der Waals surface area contributed by atoms with Crippen LogP contribution in [0.3, 0.4) is 0 Å². The predicted octanol–water partition coefficient (Wildman–Crippen LogP) is 1.47. The molecule has 2 aromatic carbocycles. The van der Waals surface area contributed by atoms with Crippen molar-refractivity contribution in [2.24, 2.45) is 0 Å². The number of carbonyl (C=O) groups excluding carboxylic acids is 3. The van der Waals surface area contributed by atoms with Gasteiger partial charge in [0.1, 0.15) is 12.7 Å². The van der Waals surface area contributed by atoms with Gasteiger partial charge in [0.2, 0.25) is 0 Å². The van der Waals surface area contributed by atoms with Gasteiger partial charge in [-0.25, -0.2) is 14.4 Å². The highest BCUT2D eigenvalue weighted by Gasteiger charge is 2.64. The fourth-order valence-electron chi connectivity index (χ4n) is 3.77. The average molecular weight is 428 g/mol. The molecule has 1 saturated carbocycles. The first-order chi connectivity index (χ1) is 14.9. The Balaban J connectivity index is 1.55. The molecule has 0 amide bonds. The molecule has 5 atom stereocenters. The summed E-state index contributed by atoms with van der Waals surface area (Å²) >= 11 is 0. The highest BCUT2D eigenvalue weighted by molar-refractivity contribution is 5.90. The summed E-state index contributed by atoms with van der Waals surface area (Å²) in [5, 5.41) is 20.8. The quantitative estimate of drug-likeness (QED) is 0.537. The van der Waals surface area contributed by atoms with E-state index in [9.17, 15) is 24.6 Å². The molecular formula is C22H20O9. The Bertz CT molecular complexity index is 961. The van der Waals surface area contributed by atoms with Gasteiger partial charge in [0, 0.05) is 6.42 Å². The number of aliphatic hydroxyl groups is 2. The van der Waals surface area contributed by atoms with Gasteiger partial charge >= 0.3 is 18.1 Å². The molecule has 31 heavy (non-hydrogen) atoms. The van der Waals surface area contributed by atoms with Crippen LogP contribution in [0.25, 0.3) is 0 Å². The molecule has 2 aliphatic rings. The second kappa shape index (κ2) is 8.37. The lowest BCUT2D eigenvalue weighted by Gasteiger charge is -2.43. The van der Waals surface area contributed by atoms with Crippen molar-refractivity contribution in [2.75, 3.05) is 6.61 Å². The Morgan fingerprint density at radius 2 is 1.55 bits per heavy atom. The summed E-state index contributed by atoms with van der Waals surface area (Å²) in [6.07, 6.45) is -7.03. The molecule has 1 aliphatic carbocycles. The third kappa shape index (κ3) is 4.10. The van der Waals surface area contributed by atoms with Crippen LogP contribution in [0.4, 0.5) is 4.79 Å². The van der Waals surface area contributed by atoms with E-state index in [2.05, 4.69) is 0 Å². The second-order valence-corrected chi connectivity index (χ2v) is 7.40. The third-order valence-corrected chi connectivity index (χ3v) is 5.32. The number of hydrogen-bond donors (Lipinski definition) is 2. The number of carbonyl (C=O) groups is 3. The molecule has 1 saturated heterocycles. The summed E-state index contributed by atoms with van der Waals surface area (Å²) in [6, 6.07) is 16.2. The van der Waals surface area contributed by atoms with Gasteiger partial charge in [-0.1, -0.05) is 36.4 Å². The standard InChI is InChI=1S/C22H20O9/c23-15-11-22(12-28-19(25)13-7-3-1-4-8-13)18(30-21(27)31-22)17(16(15)24)29-20(26)14-9-5-2-6-10-14/h1-10,15-18,23-24H,11-12H2/t15-,16+,17-,18+,22+/m1/s1. The van der Waals surface area contributed by atoms with Crippen LogP contribution in [0.5, 0.6) is 0 Å². The van der Waals surface area contributed by atoms with Gasteiger partial charge in [0.05, 0.1) is 17.2 Å². The lowest BCUT2D eigenvalue weighted by Crippen LogP contribution is -2.64. The van der Waals surface area contributed by atoms with Crippen molar-refractivity contribution in [3.63, 3.8) is 0 Å². The first kappa shape index (κ1) is 20.8. The molecule has 2 fully saturated rings. The molecule has 162 valence electrons. The fraction of sp³-hybridized carbons (Fsp3) is 0.318. The summed E-state index contributed by atoms with van der Waals surface area (Å²) in [4.78, 5) is 36.8. The molecule has 4 rings (SSSR count). The van der Waals surface area contributed by atoms with Crippen LogP contribution in [0, 0.1) is 0 Å². The monoisotopic (exact) mass is 428 g/mol. The topological polar surface area (TPSA) is 129 Å². The summed E-state index contributed by atoms with van der Waals surface area (Å²) in [5.74, 6) is -1.45. The van der Waals surface area contributed by atoms with Crippen molar-refractivity contribution in [3.8, 4) is 0 Å². The highest BCUT2D eigenvalue weighted by Crippen LogP contribution is 2.41. The maximum atomic E-state index is 12.5. The largest absolute Gasteiger partial charge is 0.509 e. The number of fused-ring (bicyclic) bond motifs is 1. The van der Waals surface area contributed by atoms with Gasteiger partial charge in [0.25, 0.3) is 0 Å². The molecule has 9 nitrogen and oxygen atoms in total. The van der Waals surface area contributed by atoms with Crippen LogP contribution < -0.4 is 0 Å². The summed E-state index contributed by atoms with van der Waals surface area (Å²) in [5.41, 5.74) is -1.13. The van der Waals surface area contributed by atoms with Crippen molar-refractivity contribution in [2.45, 2.75) is 36.4 Å². The van der Waals surface area contributed by atoms with E-state index < -0.39 is 54.7 Å². The molecule has 2 N–H and O–H groups in total. The average Bonchev–Trinajstić information content (AvgIpc) is 3.12. The Hall–Kier alpha value is -3.43. The van der Waals surface area contributed by atoms with E-state index in [1.54, 1.807) is 48.5 Å². The van der Waals surface area contributed by atoms with Gasteiger partial charge in [-0.2, -0.15) is 0 Å². The Morgan fingerprint density at radius 1 is 0.968 bits per heavy atom. The number of benzene rings is 2. The minimum Gasteiger partial charge on any atom is -0.458 e. The molecule has 0 aromatic heterocycles. The van der Waals surface area contributed by atoms with E-state index in [-0.39, 0.29) is 17.5 Å². The number of rotatable bonds is 5. The van der Waals surface area contributed by atoms with E-state index in [0.29, 0.717) is 0 Å². The lowest BCUT2D eigenvalue weighted by atomic mass is 9.77. The molecule has 2 aromatic rings. The molecule has 1 heterocycles. The predicted molar refractivity (Wildman–Crippen MR) is 103 cm³/mol. The zero-order valence-corrected chi connectivity index (χ0v) is 16.2. The van der Waals surface area contributed by atoms with E-state index in [4.69, 9.17) is 18.9 Å². The summed E-state index contributed by atoms with van der Waals surface area (Å²) in [7, 11) is 0. The lowest BCUT2D eigenvalue weighted by molar-refractivity contribution is -0.186. The van der Waals surface area contributed by atoms with E-state index in [1.807, 2.05) is 0 Å². The zero-order chi connectivity index (χ0) is 22.0. The van der Waals surface area contributed by atoms with Gasteiger partial charge in [-0.3, -0.25) is 0 Å². The second-order valence-electron chi connectivity index (χ2n) is 7.40. The maximum absolute atomic E-state index is 12.5. The SMILES string of the molecule is O=C1O[C@H]2[C@H](OC(=O)c3ccccc3)[C@@H](O)[C@H](O)C[C@@]2(COC(=O)c2ccccc2)O1. The van der Waals surface area contributed by atoms with Crippen LogP contribution in [-0.2, 0) is 18.9 Å². The molecular weight excluding hydrogens is 408 g/mol. The fourth-order valence-corrected chi connectivity index (χ4v) is 3.77. The molecule has 0 unspecified atom stereocenters. The van der Waals surface area contributed by atoms with Crippen LogP contribution >= 0.6 is 0 Å². The van der Waals surface area contributed by atoms with Gasteiger partial charge < -0.3 is 29.2 Å². The van der Waals surface area contributed by atoms with Crippen LogP contribution in [-0.4, -0.2) is 64.9 Å². The minimum absolute atomic E-state index is 0.209. The third-order valence-electron chi connectivity index (χ3n) is 5.32. The van der Waals surface area contributed by atoms with Crippen molar-refractivity contribution >= 4 is 18.1 Å². The minimum atomic E-state index is -1.62. The first-order valence-corrected chi connectivity index (χ1v) is 9.63. The first-order valence-electron chi connectivity index (χ1n) is 9.63. The van der Waals surface area contributed by atoms with Crippen LogP contribution in [0.2, 0.25) is 0 Å². The normalized spacial score (nSPS) is 29.3. The van der Waals surface area contributed by atoms with Crippen LogP contribution in [0.1, 0.15) is 27.1 Å². The summed E-state index contributed by atoms with van der Waals surface area (Å²) in [6.45, 7) is -0.458. The molecule has 0 radical (unpaired) electrons. The number of aliphatic hydroxyl groups excluding tert-OH is 2. The van der Waals surface area contributed by atoms with Crippen molar-refractivity contribution in [1.82, 2.24) is 0 Å². The number of ether oxygens (including phenoxy) is 4.